The van der Waals surface area contributed by atoms with Crippen molar-refractivity contribution in [2.45, 2.75) is 6.54 Å². The molecule has 0 fully saturated rings. The minimum absolute atomic E-state index is 0.183. The van der Waals surface area contributed by atoms with Crippen LogP contribution < -0.4 is 0 Å². The van der Waals surface area contributed by atoms with Gasteiger partial charge in [-0.3, -0.25) is 4.79 Å². The standard InChI is InChI=1S/C9H9BrFNO/c1-12(9(10)13)6-7-2-4-8(11)5-3-7/h2-5H,6H2,1H3. The average molecular weight is 246 g/mol. The quantitative estimate of drug-likeness (QED) is 0.580. The van der Waals surface area contributed by atoms with E-state index >= 15 is 0 Å². The van der Waals surface area contributed by atoms with Gasteiger partial charge in [0.05, 0.1) is 0 Å². The molecule has 0 atom stereocenters. The van der Waals surface area contributed by atoms with Crippen LogP contribution in [0.25, 0.3) is 0 Å². The van der Waals surface area contributed by atoms with E-state index in [1.807, 2.05) is 0 Å². The second-order valence-electron chi connectivity index (χ2n) is 2.74. The lowest BCUT2D eigenvalue weighted by Crippen LogP contribution is -2.19. The highest BCUT2D eigenvalue weighted by Crippen LogP contribution is 2.07. The summed E-state index contributed by atoms with van der Waals surface area (Å²) in [7, 11) is 1.67. The Kier molecular flexibility index (Phi) is 3.42. The number of nitrogens with zero attached hydrogens (tertiary/aromatic N) is 1. The van der Waals surface area contributed by atoms with Gasteiger partial charge in [-0.25, -0.2) is 4.39 Å². The number of halogens is 2. The Bertz CT molecular complexity index is 299. The average Bonchev–Trinajstić information content (AvgIpc) is 2.08. The zero-order valence-corrected chi connectivity index (χ0v) is 8.71. The highest BCUT2D eigenvalue weighted by atomic mass is 79.9. The Balaban J connectivity index is 2.64. The SMILES string of the molecule is CN(Cc1ccc(F)cc1)C(=O)Br. The van der Waals surface area contributed by atoms with E-state index in [1.54, 1.807) is 19.2 Å². The van der Waals surface area contributed by atoms with Gasteiger partial charge in [0.2, 0.25) is 0 Å². The van der Waals surface area contributed by atoms with Gasteiger partial charge >= 0.3 is 0 Å². The van der Waals surface area contributed by atoms with Crippen molar-refractivity contribution in [1.29, 1.82) is 0 Å². The Labute approximate surface area is 84.5 Å². The molecule has 0 spiro atoms. The molecule has 0 bridgehead atoms. The highest BCUT2D eigenvalue weighted by Gasteiger charge is 2.04. The van der Waals surface area contributed by atoms with E-state index in [4.69, 9.17) is 0 Å². The summed E-state index contributed by atoms with van der Waals surface area (Å²) in [5, 5.41) is 0. The molecule has 1 amide bonds. The van der Waals surface area contributed by atoms with Crippen molar-refractivity contribution in [2.75, 3.05) is 7.05 Å². The van der Waals surface area contributed by atoms with E-state index in [9.17, 15) is 9.18 Å². The Morgan fingerprint density at radius 1 is 1.46 bits per heavy atom. The second kappa shape index (κ2) is 4.37. The fourth-order valence-electron chi connectivity index (χ4n) is 0.926. The lowest BCUT2D eigenvalue weighted by Gasteiger charge is -2.12. The molecule has 13 heavy (non-hydrogen) atoms. The normalized spacial score (nSPS) is 9.77. The van der Waals surface area contributed by atoms with Crippen LogP contribution in [0.5, 0.6) is 0 Å². The largest absolute Gasteiger partial charge is 0.332 e. The van der Waals surface area contributed by atoms with Gasteiger partial charge < -0.3 is 4.90 Å². The molecule has 0 aliphatic heterocycles. The Hall–Kier alpha value is -0.900. The maximum absolute atomic E-state index is 12.5. The van der Waals surface area contributed by atoms with Gasteiger partial charge in [0.1, 0.15) is 5.82 Å². The van der Waals surface area contributed by atoms with Crippen molar-refractivity contribution in [3.8, 4) is 0 Å². The molecule has 0 N–H and O–H groups in total. The van der Waals surface area contributed by atoms with Gasteiger partial charge in [0.25, 0.3) is 4.82 Å². The molecule has 1 aromatic rings. The molecule has 0 aliphatic carbocycles. The maximum Gasteiger partial charge on any atom is 0.289 e. The summed E-state index contributed by atoms with van der Waals surface area (Å²) < 4.78 is 12.5. The third-order valence-electron chi connectivity index (χ3n) is 1.63. The third-order valence-corrected chi connectivity index (χ3v) is 2.24. The molecular formula is C9H9BrFNO. The van der Waals surface area contributed by atoms with Gasteiger partial charge in [0, 0.05) is 29.5 Å². The molecule has 0 unspecified atom stereocenters. The first kappa shape index (κ1) is 10.2. The second-order valence-corrected chi connectivity index (χ2v) is 3.41. The summed E-state index contributed by atoms with van der Waals surface area (Å²) in [5.74, 6) is -0.267. The highest BCUT2D eigenvalue weighted by molar-refractivity contribution is 9.18. The predicted molar refractivity (Wildman–Crippen MR) is 52.2 cm³/mol. The fourth-order valence-corrected chi connectivity index (χ4v) is 1.05. The van der Waals surface area contributed by atoms with Crippen molar-refractivity contribution >= 4 is 20.7 Å². The van der Waals surface area contributed by atoms with E-state index in [0.29, 0.717) is 6.54 Å². The number of benzene rings is 1. The Morgan fingerprint density at radius 3 is 2.46 bits per heavy atom. The Morgan fingerprint density at radius 2 is 2.00 bits per heavy atom. The zero-order chi connectivity index (χ0) is 9.84. The van der Waals surface area contributed by atoms with E-state index in [0.717, 1.165) is 5.56 Å². The fraction of sp³-hybridized carbons (Fsp3) is 0.222. The molecule has 0 radical (unpaired) electrons. The van der Waals surface area contributed by atoms with E-state index in [-0.39, 0.29) is 10.6 Å². The van der Waals surface area contributed by atoms with Crippen molar-refractivity contribution < 1.29 is 9.18 Å². The number of rotatable bonds is 2. The summed E-state index contributed by atoms with van der Waals surface area (Å²) >= 11 is 2.82. The lowest BCUT2D eigenvalue weighted by atomic mass is 10.2. The van der Waals surface area contributed by atoms with Crippen molar-refractivity contribution in [3.05, 3.63) is 35.6 Å². The van der Waals surface area contributed by atoms with Crippen LogP contribution >= 0.6 is 15.9 Å². The molecule has 0 saturated carbocycles. The first-order valence-corrected chi connectivity index (χ1v) is 4.54. The summed E-state index contributed by atoms with van der Waals surface area (Å²) in [6.07, 6.45) is 0. The van der Waals surface area contributed by atoms with Crippen molar-refractivity contribution in [2.24, 2.45) is 0 Å². The van der Waals surface area contributed by atoms with Crippen LogP contribution in [0.15, 0.2) is 24.3 Å². The topological polar surface area (TPSA) is 20.3 Å². The molecule has 2 nitrogen and oxygen atoms in total. The molecule has 0 saturated heterocycles. The number of carbonyl (C=O) groups is 1. The smallest absolute Gasteiger partial charge is 0.289 e. The zero-order valence-electron chi connectivity index (χ0n) is 7.13. The van der Waals surface area contributed by atoms with Gasteiger partial charge in [-0.2, -0.15) is 0 Å². The van der Waals surface area contributed by atoms with Crippen LogP contribution in [0.1, 0.15) is 5.56 Å². The molecular weight excluding hydrogens is 237 g/mol. The number of amides is 1. The van der Waals surface area contributed by atoms with E-state index in [1.165, 1.54) is 17.0 Å². The summed E-state index contributed by atoms with van der Waals surface area (Å²) in [5.41, 5.74) is 0.900. The first-order chi connectivity index (χ1) is 6.09. The molecule has 0 heterocycles. The summed E-state index contributed by atoms with van der Waals surface area (Å²) in [4.78, 5) is 12.1. The van der Waals surface area contributed by atoms with Crippen LogP contribution in [-0.4, -0.2) is 16.8 Å². The third kappa shape index (κ3) is 3.14. The minimum Gasteiger partial charge on any atom is -0.332 e. The molecule has 0 aromatic heterocycles. The van der Waals surface area contributed by atoms with Crippen LogP contribution in [-0.2, 0) is 6.54 Å². The minimum atomic E-state index is -0.267. The van der Waals surface area contributed by atoms with Gasteiger partial charge in [-0.05, 0) is 17.7 Å². The molecule has 0 aliphatic rings. The molecule has 1 rings (SSSR count). The van der Waals surface area contributed by atoms with Crippen molar-refractivity contribution in [1.82, 2.24) is 4.90 Å². The van der Waals surface area contributed by atoms with Gasteiger partial charge in [-0.15, -0.1) is 0 Å². The van der Waals surface area contributed by atoms with Crippen LogP contribution in [0.3, 0.4) is 0 Å². The van der Waals surface area contributed by atoms with Crippen molar-refractivity contribution in [3.63, 3.8) is 0 Å². The molecule has 4 heteroatoms. The van der Waals surface area contributed by atoms with Gasteiger partial charge in [-0.1, -0.05) is 12.1 Å². The van der Waals surface area contributed by atoms with Crippen LogP contribution in [0, 0.1) is 5.82 Å². The number of carbonyl (C=O) groups excluding carboxylic acids is 1. The monoisotopic (exact) mass is 245 g/mol. The summed E-state index contributed by atoms with van der Waals surface area (Å²) in [6.45, 7) is 0.477. The van der Waals surface area contributed by atoms with E-state index in [2.05, 4.69) is 15.9 Å². The van der Waals surface area contributed by atoms with Gasteiger partial charge in [0.15, 0.2) is 0 Å². The number of hydrogen-bond acceptors (Lipinski definition) is 1. The summed E-state index contributed by atoms with van der Waals surface area (Å²) in [6, 6.07) is 6.06. The predicted octanol–water partition coefficient (Wildman–Crippen LogP) is 2.77. The van der Waals surface area contributed by atoms with E-state index < -0.39 is 0 Å². The maximum atomic E-state index is 12.5. The lowest BCUT2D eigenvalue weighted by molar-refractivity contribution is 0.233. The van der Waals surface area contributed by atoms with Crippen LogP contribution in [0.4, 0.5) is 9.18 Å². The number of hydrogen-bond donors (Lipinski definition) is 0. The first-order valence-electron chi connectivity index (χ1n) is 3.74. The molecule has 70 valence electrons. The van der Waals surface area contributed by atoms with Crippen LogP contribution in [0.2, 0.25) is 0 Å². The molecule has 1 aromatic carbocycles.